The molecule has 2 N–H and O–H groups in total. The van der Waals surface area contributed by atoms with Crippen LogP contribution in [-0.2, 0) is 17.3 Å². The van der Waals surface area contributed by atoms with Crippen LogP contribution in [0.4, 0.5) is 0 Å². The molecule has 1 atom stereocenters. The average molecular weight is 263 g/mol. The zero-order valence-corrected chi connectivity index (χ0v) is 11.2. The maximum absolute atomic E-state index is 11.0. The van der Waals surface area contributed by atoms with Gasteiger partial charge in [-0.3, -0.25) is 4.21 Å². The van der Waals surface area contributed by atoms with E-state index in [1.165, 1.54) is 0 Å². The number of fused-ring (bicyclic) bond motifs is 1. The molecule has 96 valence electrons. The van der Waals surface area contributed by atoms with Gasteiger partial charge in [0.25, 0.3) is 0 Å². The van der Waals surface area contributed by atoms with Crippen molar-refractivity contribution >= 4 is 21.6 Å². The largest absolute Gasteiger partial charge is 0.508 e. The summed E-state index contributed by atoms with van der Waals surface area (Å²) in [6.07, 6.45) is 1.69. The normalized spacial score (nSPS) is 12.7. The monoisotopic (exact) mass is 263 g/mol. The topological polar surface area (TPSA) is 49.3 Å². The second-order valence-electron chi connectivity index (χ2n) is 4.24. The molecule has 3 nitrogen and oxygen atoms in total. The lowest BCUT2D eigenvalue weighted by atomic mass is 10.0. The van der Waals surface area contributed by atoms with Crippen LogP contribution < -0.4 is 5.32 Å². The average Bonchev–Trinajstić information content (AvgIpc) is 2.36. The van der Waals surface area contributed by atoms with E-state index in [1.54, 1.807) is 12.3 Å². The van der Waals surface area contributed by atoms with Crippen LogP contribution >= 0.6 is 0 Å². The Morgan fingerprint density at radius 2 is 2.00 bits per heavy atom. The molecule has 0 aliphatic rings. The fourth-order valence-electron chi connectivity index (χ4n) is 1.94. The molecule has 1 unspecified atom stereocenters. The number of benzene rings is 2. The fraction of sp³-hybridized carbons (Fsp3) is 0.286. The molecule has 0 saturated heterocycles. The molecular weight excluding hydrogens is 246 g/mol. The van der Waals surface area contributed by atoms with E-state index >= 15 is 0 Å². The first kappa shape index (κ1) is 13.1. The first-order valence-electron chi connectivity index (χ1n) is 5.89. The summed E-state index contributed by atoms with van der Waals surface area (Å²) in [5, 5.41) is 15.3. The quantitative estimate of drug-likeness (QED) is 0.811. The zero-order chi connectivity index (χ0) is 13.0. The number of phenolic OH excluding ortho intramolecular Hbond substituents is 1. The van der Waals surface area contributed by atoms with E-state index in [9.17, 15) is 9.32 Å². The van der Waals surface area contributed by atoms with Gasteiger partial charge in [0, 0.05) is 41.5 Å². The predicted molar refractivity (Wildman–Crippen MR) is 76.3 cm³/mol. The van der Waals surface area contributed by atoms with Gasteiger partial charge in [-0.15, -0.1) is 0 Å². The lowest BCUT2D eigenvalue weighted by molar-refractivity contribution is 0.466. The summed E-state index contributed by atoms with van der Waals surface area (Å²) in [7, 11) is -0.781. The van der Waals surface area contributed by atoms with Crippen LogP contribution in [-0.4, -0.2) is 27.9 Å². The van der Waals surface area contributed by atoms with Crippen molar-refractivity contribution < 1.29 is 9.32 Å². The summed E-state index contributed by atoms with van der Waals surface area (Å²) in [6, 6.07) is 11.6. The van der Waals surface area contributed by atoms with Crippen molar-refractivity contribution in [2.24, 2.45) is 0 Å². The maximum atomic E-state index is 11.0. The van der Waals surface area contributed by atoms with Crippen LogP contribution in [0.15, 0.2) is 36.4 Å². The SMILES string of the molecule is CS(=O)CCNCc1c(O)ccc2ccccc12. The number of nitrogens with one attached hydrogen (secondary N) is 1. The molecule has 0 amide bonds. The molecule has 0 aliphatic carbocycles. The number of rotatable bonds is 5. The zero-order valence-electron chi connectivity index (χ0n) is 10.3. The highest BCUT2D eigenvalue weighted by Gasteiger charge is 2.06. The summed E-state index contributed by atoms with van der Waals surface area (Å²) in [5.74, 6) is 0.935. The van der Waals surface area contributed by atoms with E-state index in [-0.39, 0.29) is 0 Å². The van der Waals surface area contributed by atoms with E-state index < -0.39 is 10.8 Å². The third-order valence-electron chi connectivity index (χ3n) is 2.88. The Kier molecular flexibility index (Phi) is 4.33. The van der Waals surface area contributed by atoms with Gasteiger partial charge in [0.2, 0.25) is 0 Å². The second-order valence-corrected chi connectivity index (χ2v) is 5.79. The Balaban J connectivity index is 2.16. The second kappa shape index (κ2) is 5.98. The number of hydrogen-bond acceptors (Lipinski definition) is 3. The van der Waals surface area contributed by atoms with Gasteiger partial charge in [0.05, 0.1) is 0 Å². The molecule has 0 radical (unpaired) electrons. The van der Waals surface area contributed by atoms with Gasteiger partial charge in [-0.05, 0) is 16.8 Å². The van der Waals surface area contributed by atoms with Gasteiger partial charge < -0.3 is 10.4 Å². The summed E-state index contributed by atoms with van der Waals surface area (Å²) in [6.45, 7) is 1.27. The molecular formula is C14H17NO2S. The van der Waals surface area contributed by atoms with Crippen LogP contribution in [0.5, 0.6) is 5.75 Å². The van der Waals surface area contributed by atoms with E-state index in [0.29, 0.717) is 24.6 Å². The number of hydrogen-bond donors (Lipinski definition) is 2. The minimum Gasteiger partial charge on any atom is -0.508 e. The van der Waals surface area contributed by atoms with Crippen LogP contribution in [0, 0.1) is 0 Å². The first-order valence-corrected chi connectivity index (χ1v) is 7.61. The van der Waals surface area contributed by atoms with Crippen LogP contribution in [0.25, 0.3) is 10.8 Å². The predicted octanol–water partition coefficient (Wildman–Crippen LogP) is 2.01. The minimum atomic E-state index is -0.781. The van der Waals surface area contributed by atoms with Gasteiger partial charge in [0.1, 0.15) is 5.75 Å². The summed E-state index contributed by atoms with van der Waals surface area (Å²) in [4.78, 5) is 0. The summed E-state index contributed by atoms with van der Waals surface area (Å²) < 4.78 is 11.0. The van der Waals surface area contributed by atoms with Crippen LogP contribution in [0.3, 0.4) is 0 Å². The van der Waals surface area contributed by atoms with Crippen molar-refractivity contribution in [2.75, 3.05) is 18.6 Å². The van der Waals surface area contributed by atoms with Crippen molar-refractivity contribution in [1.29, 1.82) is 0 Å². The Morgan fingerprint density at radius 1 is 1.22 bits per heavy atom. The van der Waals surface area contributed by atoms with Crippen molar-refractivity contribution in [3.8, 4) is 5.75 Å². The molecule has 0 heterocycles. The lowest BCUT2D eigenvalue weighted by Gasteiger charge is -2.10. The third-order valence-corrected chi connectivity index (χ3v) is 3.66. The van der Waals surface area contributed by atoms with E-state index in [0.717, 1.165) is 16.3 Å². The van der Waals surface area contributed by atoms with Crippen LogP contribution in [0.2, 0.25) is 0 Å². The fourth-order valence-corrected chi connectivity index (χ4v) is 2.37. The maximum Gasteiger partial charge on any atom is 0.120 e. The Labute approximate surface area is 109 Å². The highest BCUT2D eigenvalue weighted by Crippen LogP contribution is 2.26. The van der Waals surface area contributed by atoms with Crippen LogP contribution in [0.1, 0.15) is 5.56 Å². The minimum absolute atomic E-state index is 0.304. The first-order chi connectivity index (χ1) is 8.68. The molecule has 4 heteroatoms. The highest BCUT2D eigenvalue weighted by atomic mass is 32.2. The van der Waals surface area contributed by atoms with E-state index in [4.69, 9.17) is 0 Å². The van der Waals surface area contributed by atoms with E-state index in [1.807, 2.05) is 30.3 Å². The molecule has 2 aromatic rings. The molecule has 0 aromatic heterocycles. The van der Waals surface area contributed by atoms with Crippen molar-refractivity contribution in [3.63, 3.8) is 0 Å². The van der Waals surface area contributed by atoms with Crippen molar-refractivity contribution in [3.05, 3.63) is 42.0 Å². The molecule has 2 rings (SSSR count). The molecule has 18 heavy (non-hydrogen) atoms. The van der Waals surface area contributed by atoms with Gasteiger partial charge in [-0.1, -0.05) is 30.3 Å². The summed E-state index contributed by atoms with van der Waals surface area (Å²) >= 11 is 0. The van der Waals surface area contributed by atoms with Gasteiger partial charge in [0.15, 0.2) is 0 Å². The Morgan fingerprint density at radius 3 is 2.78 bits per heavy atom. The van der Waals surface area contributed by atoms with Gasteiger partial charge in [-0.25, -0.2) is 0 Å². The summed E-state index contributed by atoms with van der Waals surface area (Å²) in [5.41, 5.74) is 0.898. The lowest BCUT2D eigenvalue weighted by Crippen LogP contribution is -2.19. The number of aromatic hydroxyl groups is 1. The third kappa shape index (κ3) is 3.09. The van der Waals surface area contributed by atoms with Gasteiger partial charge in [-0.2, -0.15) is 0 Å². The van der Waals surface area contributed by atoms with Crippen molar-refractivity contribution in [2.45, 2.75) is 6.54 Å². The standard InChI is InChI=1S/C14H17NO2S/c1-18(17)9-8-15-10-13-12-5-3-2-4-11(12)6-7-14(13)16/h2-7,15-16H,8-10H2,1H3. The molecule has 0 fully saturated rings. The molecule has 0 bridgehead atoms. The Hall–Kier alpha value is -1.39. The smallest absolute Gasteiger partial charge is 0.120 e. The van der Waals surface area contributed by atoms with E-state index in [2.05, 4.69) is 5.32 Å². The molecule has 0 saturated carbocycles. The number of phenols is 1. The Bertz CT molecular complexity index is 569. The molecule has 0 spiro atoms. The van der Waals surface area contributed by atoms with Crippen molar-refractivity contribution in [1.82, 2.24) is 5.32 Å². The van der Waals surface area contributed by atoms with Gasteiger partial charge >= 0.3 is 0 Å². The molecule has 0 aliphatic heterocycles. The molecule has 2 aromatic carbocycles. The highest BCUT2D eigenvalue weighted by molar-refractivity contribution is 7.84.